The fraction of sp³-hybridized carbons (Fsp3) is 0.278. The normalized spacial score (nSPS) is 17.1. The predicted molar refractivity (Wildman–Crippen MR) is 83.8 cm³/mol. The number of hydrogen-bond donors (Lipinski definition) is 0. The molecule has 0 saturated carbocycles. The lowest BCUT2D eigenvalue weighted by Gasteiger charge is -2.06. The molecule has 2 aliphatic rings. The second-order valence-electron chi connectivity index (χ2n) is 5.73. The maximum absolute atomic E-state index is 3.64. The highest BCUT2D eigenvalue weighted by molar-refractivity contribution is 6.47. The zero-order valence-electron chi connectivity index (χ0n) is 12.1. The minimum absolute atomic E-state index is 0.432. The minimum Gasteiger partial charge on any atom is -0.0689 e. The molecule has 0 atom stereocenters. The molecule has 0 aromatic heterocycles. The minimum atomic E-state index is -0.432. The van der Waals surface area contributed by atoms with Crippen LogP contribution in [-0.4, -0.2) is 8.41 Å². The summed E-state index contributed by atoms with van der Waals surface area (Å²) in [6, 6.07) is 6.69. The molecule has 1 heteroatoms. The van der Waals surface area contributed by atoms with E-state index in [-0.39, 0.29) is 0 Å². The third-order valence-electron chi connectivity index (χ3n) is 3.97. The van der Waals surface area contributed by atoms with Crippen molar-refractivity contribution in [2.75, 3.05) is 0 Å². The Kier molecular flexibility index (Phi) is 3.02. The van der Waals surface area contributed by atoms with Crippen LogP contribution >= 0.6 is 0 Å². The standard InChI is InChI=1S/C18H19Si/c1-12-8-9-14(10-12)16-11-15-6-5-7-17(19(3)4)18(15)13(16)2/h5-9H,10H2,1-4H3. The summed E-state index contributed by atoms with van der Waals surface area (Å²) in [6.07, 6.45) is 9.21. The monoisotopic (exact) mass is 263 g/mol. The quantitative estimate of drug-likeness (QED) is 0.676. The molecule has 95 valence electrons. The first-order valence-corrected chi connectivity index (χ1v) is 9.36. The summed E-state index contributed by atoms with van der Waals surface area (Å²) in [7, 11) is -0.432. The largest absolute Gasteiger partial charge is 0.0689 e. The molecule has 3 rings (SSSR count). The molecule has 0 aliphatic heterocycles. The molecule has 0 bridgehead atoms. The van der Waals surface area contributed by atoms with Crippen molar-refractivity contribution in [3.63, 3.8) is 0 Å². The van der Waals surface area contributed by atoms with E-state index in [1.54, 1.807) is 4.81 Å². The first-order chi connectivity index (χ1) is 9.08. The van der Waals surface area contributed by atoms with Gasteiger partial charge >= 0.3 is 0 Å². The lowest BCUT2D eigenvalue weighted by molar-refractivity contribution is 1.17. The summed E-state index contributed by atoms with van der Waals surface area (Å²) in [4.78, 5) is 1.55. The molecule has 0 nitrogen and oxygen atoms in total. The van der Waals surface area contributed by atoms with Gasteiger partial charge in [0.05, 0.1) is 0 Å². The molecule has 0 spiro atoms. The second kappa shape index (κ2) is 4.57. The van der Waals surface area contributed by atoms with Gasteiger partial charge in [-0.15, -0.1) is 0 Å². The van der Waals surface area contributed by atoms with Crippen molar-refractivity contribution in [2.24, 2.45) is 0 Å². The topological polar surface area (TPSA) is 0 Å². The molecule has 1 aromatic rings. The average Bonchev–Trinajstić information content (AvgIpc) is 2.93. The van der Waals surface area contributed by atoms with Crippen LogP contribution in [-0.2, 0) is 0 Å². The van der Waals surface area contributed by atoms with Gasteiger partial charge < -0.3 is 0 Å². The summed E-state index contributed by atoms with van der Waals surface area (Å²) in [5.74, 6) is 0. The Morgan fingerprint density at radius 2 is 1.89 bits per heavy atom. The van der Waals surface area contributed by atoms with Crippen LogP contribution in [0, 0.1) is 10.9 Å². The van der Waals surface area contributed by atoms with Crippen LogP contribution in [0.25, 0.3) is 5.57 Å². The number of benzene rings is 1. The molecule has 2 aliphatic carbocycles. The van der Waals surface area contributed by atoms with Crippen molar-refractivity contribution in [3.8, 4) is 0 Å². The van der Waals surface area contributed by atoms with Gasteiger partial charge in [-0.25, -0.2) is 0 Å². The van der Waals surface area contributed by atoms with Crippen molar-refractivity contribution in [2.45, 2.75) is 33.4 Å². The summed E-state index contributed by atoms with van der Waals surface area (Å²) in [5, 5.41) is 1.46. The highest BCUT2D eigenvalue weighted by Gasteiger charge is 2.18. The third-order valence-corrected chi connectivity index (χ3v) is 5.47. The Hall–Kier alpha value is -1.47. The van der Waals surface area contributed by atoms with Crippen LogP contribution in [0.2, 0.25) is 13.1 Å². The van der Waals surface area contributed by atoms with Gasteiger partial charge in [0.25, 0.3) is 0 Å². The zero-order chi connectivity index (χ0) is 13.6. The summed E-state index contributed by atoms with van der Waals surface area (Å²) in [5.41, 5.74) is 6.92. The highest BCUT2D eigenvalue weighted by Crippen LogP contribution is 2.32. The lowest BCUT2D eigenvalue weighted by atomic mass is 9.99. The molecule has 0 heterocycles. The van der Waals surface area contributed by atoms with Crippen LogP contribution in [0.5, 0.6) is 0 Å². The number of rotatable bonds is 1. The molecule has 0 unspecified atom stereocenters. The molecule has 0 N–H and O–H groups in total. The zero-order valence-corrected chi connectivity index (χ0v) is 13.1. The van der Waals surface area contributed by atoms with E-state index in [4.69, 9.17) is 0 Å². The van der Waals surface area contributed by atoms with E-state index in [0.717, 1.165) is 6.42 Å². The van der Waals surface area contributed by atoms with Crippen LogP contribution in [0.4, 0.5) is 0 Å². The maximum atomic E-state index is 3.64. The van der Waals surface area contributed by atoms with E-state index >= 15 is 0 Å². The van der Waals surface area contributed by atoms with Gasteiger partial charge in [0.15, 0.2) is 0 Å². The van der Waals surface area contributed by atoms with Crippen LogP contribution < -0.4 is 5.22 Å². The predicted octanol–water partition coefficient (Wildman–Crippen LogP) is 3.81. The van der Waals surface area contributed by atoms with Crippen molar-refractivity contribution in [1.82, 2.24) is 0 Å². The van der Waals surface area contributed by atoms with Gasteiger partial charge in [-0.1, -0.05) is 49.0 Å². The van der Waals surface area contributed by atoms with Crippen molar-refractivity contribution in [3.05, 3.63) is 68.7 Å². The molecule has 0 saturated heterocycles. The number of allylic oxidation sites excluding steroid dienone is 5. The Balaban J connectivity index is 2.22. The molecule has 1 radical (unpaired) electrons. The van der Waals surface area contributed by atoms with Crippen LogP contribution in [0.15, 0.2) is 47.1 Å². The third kappa shape index (κ3) is 2.02. The number of hydrogen-bond acceptors (Lipinski definition) is 0. The van der Waals surface area contributed by atoms with Crippen LogP contribution in [0.1, 0.15) is 25.8 Å². The number of fused-ring (bicyclic) bond motifs is 1. The second-order valence-corrected chi connectivity index (χ2v) is 8.27. The van der Waals surface area contributed by atoms with E-state index in [2.05, 4.69) is 63.4 Å². The SMILES string of the molecule is CC1=CC=C(C2=[C]c3cccc(=[Si](C)C)c3=C2C)C1. The van der Waals surface area contributed by atoms with E-state index in [9.17, 15) is 0 Å². The summed E-state index contributed by atoms with van der Waals surface area (Å²) < 4.78 is 0. The van der Waals surface area contributed by atoms with E-state index in [0.29, 0.717) is 0 Å². The molecule has 19 heavy (non-hydrogen) atoms. The van der Waals surface area contributed by atoms with Crippen LogP contribution in [0.3, 0.4) is 0 Å². The van der Waals surface area contributed by atoms with E-state index in [1.165, 1.54) is 33.1 Å². The van der Waals surface area contributed by atoms with Gasteiger partial charge in [-0.2, -0.15) is 0 Å². The highest BCUT2D eigenvalue weighted by atomic mass is 28.2. The fourth-order valence-electron chi connectivity index (χ4n) is 2.98. The van der Waals surface area contributed by atoms with Gasteiger partial charge in [-0.3, -0.25) is 0 Å². The Morgan fingerprint density at radius 1 is 1.11 bits per heavy atom. The van der Waals surface area contributed by atoms with Gasteiger partial charge in [0.2, 0.25) is 0 Å². The van der Waals surface area contributed by atoms with Gasteiger partial charge in [0, 0.05) is 8.41 Å². The smallest absolute Gasteiger partial charge is 0.0136 e. The summed E-state index contributed by atoms with van der Waals surface area (Å²) in [6.45, 7) is 9.20. The van der Waals surface area contributed by atoms with Crippen molar-refractivity contribution in [1.29, 1.82) is 0 Å². The Labute approximate surface area is 116 Å². The molecule has 1 aromatic carbocycles. The first kappa shape index (κ1) is 12.6. The molecule has 0 amide bonds. The molecular weight excluding hydrogens is 244 g/mol. The fourth-order valence-corrected chi connectivity index (χ4v) is 4.24. The molecule has 0 fully saturated rings. The van der Waals surface area contributed by atoms with Gasteiger partial charge in [0.1, 0.15) is 0 Å². The lowest BCUT2D eigenvalue weighted by Crippen LogP contribution is -2.12. The maximum Gasteiger partial charge on any atom is 0.0136 e. The average molecular weight is 263 g/mol. The summed E-state index contributed by atoms with van der Waals surface area (Å²) >= 11 is 0. The van der Waals surface area contributed by atoms with Gasteiger partial charge in [-0.05, 0) is 58.7 Å². The Morgan fingerprint density at radius 3 is 2.53 bits per heavy atom. The van der Waals surface area contributed by atoms with E-state index < -0.39 is 8.41 Å². The molecular formula is C18H19Si. The van der Waals surface area contributed by atoms with Crippen molar-refractivity contribution < 1.29 is 0 Å². The van der Waals surface area contributed by atoms with E-state index in [1.807, 2.05) is 0 Å². The Bertz CT molecular complexity index is 766. The van der Waals surface area contributed by atoms with Crippen molar-refractivity contribution >= 4 is 14.0 Å². The first-order valence-electron chi connectivity index (χ1n) is 6.86.